The highest BCUT2D eigenvalue weighted by Gasteiger charge is 2.04. The van der Waals surface area contributed by atoms with Gasteiger partial charge in [0.15, 0.2) is 0 Å². The maximum atomic E-state index is 11.3. The maximum absolute atomic E-state index is 11.3. The Kier molecular flexibility index (Phi) is 10.9. The number of carbonyl (C=O) groups excluding carboxylic acids is 1. The summed E-state index contributed by atoms with van der Waals surface area (Å²) in [6, 6.07) is 0.0292. The summed E-state index contributed by atoms with van der Waals surface area (Å²) >= 11 is 0. The molecule has 0 aromatic carbocycles. The summed E-state index contributed by atoms with van der Waals surface area (Å²) in [6.45, 7) is 4.13. The van der Waals surface area contributed by atoms with E-state index in [1.54, 1.807) is 0 Å². The largest absolute Gasteiger partial charge is 0.328 e. The average Bonchev–Trinajstić information content (AvgIpc) is 2.21. The van der Waals surface area contributed by atoms with E-state index in [0.29, 0.717) is 12.2 Å². The Morgan fingerprint density at radius 3 is 2.00 bits per heavy atom. The van der Waals surface area contributed by atoms with Gasteiger partial charge in [-0.15, -0.1) is 0 Å². The molecule has 0 spiro atoms. The highest BCUT2D eigenvalue weighted by Crippen LogP contribution is 2.10. The van der Waals surface area contributed by atoms with Crippen molar-refractivity contribution in [1.29, 1.82) is 0 Å². The van der Waals surface area contributed by atoms with Gasteiger partial charge in [0, 0.05) is 18.9 Å². The molecule has 0 aliphatic rings. The van der Waals surface area contributed by atoms with E-state index in [-0.39, 0.29) is 6.04 Å². The minimum Gasteiger partial charge on any atom is -0.328 e. The number of carbonyl (C=O) groups is 1. The minimum atomic E-state index is 0.0292. The first-order valence-corrected chi connectivity index (χ1v) is 6.94. The van der Waals surface area contributed by atoms with Gasteiger partial charge in [0.2, 0.25) is 0 Å². The molecule has 0 heterocycles. The Hall–Kier alpha value is -0.370. The van der Waals surface area contributed by atoms with Crippen molar-refractivity contribution >= 4 is 5.78 Å². The number of unbranched alkanes of at least 4 members (excludes halogenated alkanes) is 7. The smallest absolute Gasteiger partial charge is 0.134 e. The summed E-state index contributed by atoms with van der Waals surface area (Å²) in [7, 11) is 0. The minimum absolute atomic E-state index is 0.0292. The number of nitrogens with two attached hydrogens (primary N) is 1. The third-order valence-corrected chi connectivity index (χ3v) is 2.86. The third kappa shape index (κ3) is 11.7. The van der Waals surface area contributed by atoms with Crippen LogP contribution in [0.2, 0.25) is 0 Å². The summed E-state index contributed by atoms with van der Waals surface area (Å²) in [5.41, 5.74) is 5.57. The van der Waals surface area contributed by atoms with Crippen LogP contribution in [0.3, 0.4) is 0 Å². The van der Waals surface area contributed by atoms with E-state index < -0.39 is 0 Å². The first-order valence-electron chi connectivity index (χ1n) is 6.94. The van der Waals surface area contributed by atoms with Crippen LogP contribution in [0.4, 0.5) is 0 Å². The van der Waals surface area contributed by atoms with E-state index >= 15 is 0 Å². The van der Waals surface area contributed by atoms with Crippen molar-refractivity contribution in [1.82, 2.24) is 0 Å². The van der Waals surface area contributed by atoms with Crippen LogP contribution in [-0.4, -0.2) is 11.8 Å². The van der Waals surface area contributed by atoms with Gasteiger partial charge in [0.05, 0.1) is 0 Å². The van der Waals surface area contributed by atoms with Crippen LogP contribution in [0.15, 0.2) is 0 Å². The van der Waals surface area contributed by atoms with E-state index in [1.807, 2.05) is 6.92 Å². The lowest BCUT2D eigenvalue weighted by Gasteiger charge is -2.04. The van der Waals surface area contributed by atoms with Gasteiger partial charge in [-0.3, -0.25) is 4.79 Å². The molecule has 96 valence electrons. The molecule has 2 heteroatoms. The molecule has 0 radical (unpaired) electrons. The lowest BCUT2D eigenvalue weighted by Crippen LogP contribution is -2.19. The quantitative estimate of drug-likeness (QED) is 0.545. The molecule has 0 aliphatic heterocycles. The Morgan fingerprint density at radius 2 is 1.50 bits per heavy atom. The highest BCUT2D eigenvalue weighted by atomic mass is 16.1. The second-order valence-electron chi connectivity index (χ2n) is 4.94. The van der Waals surface area contributed by atoms with Gasteiger partial charge in [-0.05, 0) is 13.3 Å². The molecule has 0 rings (SSSR count). The molecule has 1 atom stereocenters. The monoisotopic (exact) mass is 227 g/mol. The second-order valence-corrected chi connectivity index (χ2v) is 4.94. The van der Waals surface area contributed by atoms with E-state index in [4.69, 9.17) is 5.73 Å². The molecule has 0 fully saturated rings. The number of Topliss-reactive ketones (excluding diaryl/α,β-unsaturated/α-hetero) is 1. The molecule has 1 unspecified atom stereocenters. The summed E-state index contributed by atoms with van der Waals surface area (Å²) in [5, 5.41) is 0. The van der Waals surface area contributed by atoms with Gasteiger partial charge >= 0.3 is 0 Å². The second kappa shape index (κ2) is 11.1. The Bertz CT molecular complexity index is 166. The fraction of sp³-hybridized carbons (Fsp3) is 0.929. The van der Waals surface area contributed by atoms with Crippen molar-refractivity contribution in [3.8, 4) is 0 Å². The van der Waals surface area contributed by atoms with E-state index in [9.17, 15) is 4.79 Å². The summed E-state index contributed by atoms with van der Waals surface area (Å²) in [4.78, 5) is 11.3. The van der Waals surface area contributed by atoms with Gasteiger partial charge in [-0.2, -0.15) is 0 Å². The van der Waals surface area contributed by atoms with Crippen LogP contribution in [0.1, 0.15) is 78.1 Å². The fourth-order valence-corrected chi connectivity index (χ4v) is 1.92. The molecule has 0 aromatic rings. The summed E-state index contributed by atoms with van der Waals surface area (Å²) in [6.07, 6.45) is 11.6. The molecule has 2 nitrogen and oxygen atoms in total. The lowest BCUT2D eigenvalue weighted by atomic mass is 10.0. The molecule has 0 aliphatic carbocycles. The van der Waals surface area contributed by atoms with Gasteiger partial charge in [-0.25, -0.2) is 0 Å². The van der Waals surface area contributed by atoms with Gasteiger partial charge in [0.1, 0.15) is 5.78 Å². The van der Waals surface area contributed by atoms with Crippen LogP contribution < -0.4 is 5.73 Å². The van der Waals surface area contributed by atoms with E-state index in [0.717, 1.165) is 12.8 Å². The third-order valence-electron chi connectivity index (χ3n) is 2.86. The molecule has 16 heavy (non-hydrogen) atoms. The number of hydrogen-bond donors (Lipinski definition) is 1. The first-order chi connectivity index (χ1) is 7.66. The molecule has 2 N–H and O–H groups in total. The van der Waals surface area contributed by atoms with E-state index in [2.05, 4.69) is 6.92 Å². The first kappa shape index (κ1) is 15.6. The van der Waals surface area contributed by atoms with Crippen LogP contribution in [0.25, 0.3) is 0 Å². The number of hydrogen-bond acceptors (Lipinski definition) is 2. The molecular formula is C14H29NO. The topological polar surface area (TPSA) is 43.1 Å². The summed E-state index contributed by atoms with van der Waals surface area (Å²) in [5.74, 6) is 0.334. The zero-order valence-corrected chi connectivity index (χ0v) is 11.1. The normalized spacial score (nSPS) is 12.7. The average molecular weight is 227 g/mol. The zero-order valence-electron chi connectivity index (χ0n) is 11.1. The molecule has 0 saturated carbocycles. The van der Waals surface area contributed by atoms with Crippen molar-refractivity contribution in [3.63, 3.8) is 0 Å². The van der Waals surface area contributed by atoms with Crippen molar-refractivity contribution in [2.75, 3.05) is 0 Å². The van der Waals surface area contributed by atoms with E-state index in [1.165, 1.54) is 44.9 Å². The number of rotatable bonds is 11. The summed E-state index contributed by atoms with van der Waals surface area (Å²) < 4.78 is 0. The Morgan fingerprint density at radius 1 is 1.00 bits per heavy atom. The standard InChI is InChI=1S/C14H29NO/c1-3-4-5-6-7-8-9-10-11-14(16)12-13(2)15/h13H,3-12,15H2,1-2H3. The SMILES string of the molecule is CCCCCCCCCCC(=O)CC(C)N. The van der Waals surface area contributed by atoms with Crippen LogP contribution in [-0.2, 0) is 4.79 Å². The van der Waals surface area contributed by atoms with Crippen LogP contribution in [0, 0.1) is 0 Å². The molecule has 0 bridgehead atoms. The Labute approximate surface area is 101 Å². The Balaban J connectivity index is 3.11. The van der Waals surface area contributed by atoms with Crippen molar-refractivity contribution in [2.45, 2.75) is 84.1 Å². The molecule has 0 aromatic heterocycles. The lowest BCUT2D eigenvalue weighted by molar-refractivity contribution is -0.119. The predicted octanol–water partition coefficient (Wildman–Crippen LogP) is 3.82. The van der Waals surface area contributed by atoms with Crippen LogP contribution in [0.5, 0.6) is 0 Å². The fourth-order valence-electron chi connectivity index (χ4n) is 1.92. The number of ketones is 1. The maximum Gasteiger partial charge on any atom is 0.134 e. The van der Waals surface area contributed by atoms with Crippen molar-refractivity contribution in [3.05, 3.63) is 0 Å². The molecule has 0 amide bonds. The van der Waals surface area contributed by atoms with Crippen molar-refractivity contribution in [2.24, 2.45) is 5.73 Å². The van der Waals surface area contributed by atoms with Crippen molar-refractivity contribution < 1.29 is 4.79 Å². The zero-order chi connectivity index (χ0) is 12.2. The van der Waals surface area contributed by atoms with Gasteiger partial charge in [-0.1, -0.05) is 51.9 Å². The predicted molar refractivity (Wildman–Crippen MR) is 70.5 cm³/mol. The molecular weight excluding hydrogens is 198 g/mol. The molecule has 0 saturated heterocycles. The van der Waals surface area contributed by atoms with Gasteiger partial charge < -0.3 is 5.73 Å². The van der Waals surface area contributed by atoms with Gasteiger partial charge in [0.25, 0.3) is 0 Å². The van der Waals surface area contributed by atoms with Crippen LogP contribution >= 0.6 is 0 Å². The highest BCUT2D eigenvalue weighted by molar-refractivity contribution is 5.78.